The zero-order chi connectivity index (χ0) is 18.0. The lowest BCUT2D eigenvalue weighted by atomic mass is 10.0. The van der Waals surface area contributed by atoms with Crippen molar-refractivity contribution >= 4 is 35.6 Å². The van der Waals surface area contributed by atoms with Gasteiger partial charge in [0.2, 0.25) is 0 Å². The van der Waals surface area contributed by atoms with Crippen molar-refractivity contribution in [1.82, 2.24) is 9.97 Å². The molecule has 3 N–H and O–H groups in total. The monoisotopic (exact) mass is 356 g/mol. The highest BCUT2D eigenvalue weighted by atomic mass is 32.1. The summed E-state index contributed by atoms with van der Waals surface area (Å²) in [6.07, 6.45) is 0.0490. The van der Waals surface area contributed by atoms with E-state index in [1.165, 1.54) is 0 Å². The molecule has 6 nitrogen and oxygen atoms in total. The van der Waals surface area contributed by atoms with Crippen LogP contribution >= 0.6 is 12.6 Å². The molecule has 0 saturated heterocycles. The quantitative estimate of drug-likeness (QED) is 0.509. The first-order valence-corrected chi connectivity index (χ1v) is 8.04. The van der Waals surface area contributed by atoms with E-state index in [0.717, 1.165) is 17.5 Å². The summed E-state index contributed by atoms with van der Waals surface area (Å²) in [5.74, 6) is -2.61. The van der Waals surface area contributed by atoms with E-state index in [1.54, 1.807) is 6.07 Å². The standard InChI is InChI=1S/C18H16N2O4S/c21-15(22)10-18(25,17(23)24)16-19-13-7-6-12(9-14(13)20-16)8-11-4-2-1-3-5-11/h1-7,9,25H,8,10H2,(H,19,20)(H,21,22)(H,23,24). The highest BCUT2D eigenvalue weighted by molar-refractivity contribution is 7.82. The van der Waals surface area contributed by atoms with Crippen LogP contribution in [0, 0.1) is 0 Å². The highest BCUT2D eigenvalue weighted by Crippen LogP contribution is 2.32. The van der Waals surface area contributed by atoms with Gasteiger partial charge in [0.25, 0.3) is 0 Å². The molecule has 0 bridgehead atoms. The molecule has 128 valence electrons. The topological polar surface area (TPSA) is 103 Å². The van der Waals surface area contributed by atoms with Crippen LogP contribution in [-0.4, -0.2) is 32.1 Å². The number of thiol groups is 1. The van der Waals surface area contributed by atoms with Gasteiger partial charge >= 0.3 is 11.9 Å². The first kappa shape index (κ1) is 17.0. The number of imidazole rings is 1. The minimum atomic E-state index is -1.91. The molecule has 25 heavy (non-hydrogen) atoms. The van der Waals surface area contributed by atoms with Gasteiger partial charge in [-0.3, -0.25) is 9.59 Å². The zero-order valence-electron chi connectivity index (χ0n) is 13.1. The molecule has 0 aliphatic heterocycles. The molecule has 1 aromatic heterocycles. The average Bonchev–Trinajstić information content (AvgIpc) is 2.99. The van der Waals surface area contributed by atoms with E-state index in [4.69, 9.17) is 5.11 Å². The van der Waals surface area contributed by atoms with Gasteiger partial charge in [0.05, 0.1) is 17.5 Å². The number of nitrogens with one attached hydrogen (secondary N) is 1. The fourth-order valence-corrected chi connectivity index (χ4v) is 2.91. The molecule has 0 spiro atoms. The smallest absolute Gasteiger partial charge is 0.327 e. The van der Waals surface area contributed by atoms with Crippen molar-refractivity contribution in [2.24, 2.45) is 0 Å². The number of H-pyrrole nitrogens is 1. The molecule has 0 saturated carbocycles. The van der Waals surface area contributed by atoms with E-state index in [9.17, 15) is 14.7 Å². The minimum Gasteiger partial charge on any atom is -0.481 e. The molecule has 1 heterocycles. The number of carboxylic acids is 2. The molecule has 2 aromatic carbocycles. The maximum absolute atomic E-state index is 11.5. The second-order valence-electron chi connectivity index (χ2n) is 5.84. The molecule has 3 aromatic rings. The zero-order valence-corrected chi connectivity index (χ0v) is 14.0. The van der Waals surface area contributed by atoms with Crippen molar-refractivity contribution < 1.29 is 19.8 Å². The number of carboxylic acid groups (broad SMARTS) is 2. The van der Waals surface area contributed by atoms with Gasteiger partial charge in [0.15, 0.2) is 4.75 Å². The van der Waals surface area contributed by atoms with Crippen LogP contribution in [0.4, 0.5) is 0 Å². The van der Waals surface area contributed by atoms with E-state index < -0.39 is 23.1 Å². The highest BCUT2D eigenvalue weighted by Gasteiger charge is 2.42. The molecule has 0 aliphatic carbocycles. The number of hydrogen-bond acceptors (Lipinski definition) is 4. The van der Waals surface area contributed by atoms with E-state index in [0.29, 0.717) is 11.0 Å². The van der Waals surface area contributed by atoms with Crippen LogP contribution in [0.5, 0.6) is 0 Å². The van der Waals surface area contributed by atoms with E-state index in [1.807, 2.05) is 42.5 Å². The minimum absolute atomic E-state index is 0.0117. The van der Waals surface area contributed by atoms with E-state index in [2.05, 4.69) is 22.6 Å². The lowest BCUT2D eigenvalue weighted by molar-refractivity contribution is -0.146. The van der Waals surface area contributed by atoms with Crippen molar-refractivity contribution in [3.05, 3.63) is 65.5 Å². The first-order valence-electron chi connectivity index (χ1n) is 7.59. The summed E-state index contributed by atoms with van der Waals surface area (Å²) in [6, 6.07) is 15.5. The van der Waals surface area contributed by atoms with Gasteiger partial charge in [-0.25, -0.2) is 4.98 Å². The van der Waals surface area contributed by atoms with Crippen molar-refractivity contribution in [2.45, 2.75) is 17.6 Å². The Kier molecular flexibility index (Phi) is 4.50. The lowest BCUT2D eigenvalue weighted by Gasteiger charge is -2.18. The van der Waals surface area contributed by atoms with Gasteiger partial charge in [-0.1, -0.05) is 36.4 Å². The third-order valence-corrected chi connectivity index (χ3v) is 4.51. The van der Waals surface area contributed by atoms with Crippen LogP contribution in [0.1, 0.15) is 23.4 Å². The number of rotatable bonds is 6. The number of hydrogen-bond donors (Lipinski definition) is 4. The van der Waals surface area contributed by atoms with E-state index >= 15 is 0 Å². The fraction of sp³-hybridized carbons (Fsp3) is 0.167. The number of aliphatic carboxylic acids is 2. The Bertz CT molecular complexity index is 939. The number of aromatic amines is 1. The summed E-state index contributed by atoms with van der Waals surface area (Å²) in [5, 5.41) is 18.4. The van der Waals surface area contributed by atoms with Crippen LogP contribution in [0.2, 0.25) is 0 Å². The third kappa shape index (κ3) is 3.51. The summed E-state index contributed by atoms with van der Waals surface area (Å²) in [7, 11) is 0. The molecule has 0 fully saturated rings. The Morgan fingerprint density at radius 2 is 1.80 bits per heavy atom. The van der Waals surface area contributed by atoms with Crippen LogP contribution in [0.3, 0.4) is 0 Å². The van der Waals surface area contributed by atoms with Gasteiger partial charge < -0.3 is 15.2 Å². The normalized spacial score (nSPS) is 13.5. The van der Waals surface area contributed by atoms with Gasteiger partial charge in [-0.2, -0.15) is 12.6 Å². The van der Waals surface area contributed by atoms with Crippen molar-refractivity contribution in [1.29, 1.82) is 0 Å². The van der Waals surface area contributed by atoms with E-state index in [-0.39, 0.29) is 5.82 Å². The molecular formula is C18H16N2O4S. The van der Waals surface area contributed by atoms with Crippen molar-refractivity contribution in [2.75, 3.05) is 0 Å². The van der Waals surface area contributed by atoms with Crippen LogP contribution in [0.25, 0.3) is 11.0 Å². The number of fused-ring (bicyclic) bond motifs is 1. The first-order chi connectivity index (χ1) is 11.9. The van der Waals surface area contributed by atoms with Crippen molar-refractivity contribution in [3.63, 3.8) is 0 Å². The predicted molar refractivity (Wildman–Crippen MR) is 95.9 cm³/mol. The van der Waals surface area contributed by atoms with Gasteiger partial charge in [-0.05, 0) is 29.7 Å². The second kappa shape index (κ2) is 6.60. The molecule has 1 unspecified atom stereocenters. The summed E-state index contributed by atoms with van der Waals surface area (Å²) in [4.78, 5) is 29.7. The predicted octanol–water partition coefficient (Wildman–Crippen LogP) is 2.84. The van der Waals surface area contributed by atoms with Gasteiger partial charge in [0.1, 0.15) is 5.82 Å². The van der Waals surface area contributed by atoms with Gasteiger partial charge in [-0.15, -0.1) is 0 Å². The van der Waals surface area contributed by atoms with Crippen molar-refractivity contribution in [3.8, 4) is 0 Å². The molecule has 1 atom stereocenters. The SMILES string of the molecule is O=C(O)CC(S)(C(=O)O)c1nc2ccc(Cc3ccccc3)cc2[nH]1. The maximum Gasteiger partial charge on any atom is 0.327 e. The number of benzene rings is 2. The van der Waals surface area contributed by atoms with Crippen LogP contribution < -0.4 is 0 Å². The van der Waals surface area contributed by atoms with Crippen LogP contribution in [0.15, 0.2) is 48.5 Å². The Labute approximate surface area is 148 Å². The van der Waals surface area contributed by atoms with Gasteiger partial charge in [0, 0.05) is 0 Å². The Morgan fingerprint density at radius 1 is 1.08 bits per heavy atom. The molecule has 3 rings (SSSR count). The average molecular weight is 356 g/mol. The number of aromatic nitrogens is 2. The fourth-order valence-electron chi connectivity index (χ4n) is 2.67. The Morgan fingerprint density at radius 3 is 2.44 bits per heavy atom. The summed E-state index contributed by atoms with van der Waals surface area (Å²) < 4.78 is -1.91. The van der Waals surface area contributed by atoms with Crippen LogP contribution in [-0.2, 0) is 20.8 Å². The second-order valence-corrected chi connectivity index (χ2v) is 6.60. The molecule has 7 heteroatoms. The Hall–Kier alpha value is -2.80. The molecule has 0 aliphatic rings. The Balaban J connectivity index is 1.97. The molecular weight excluding hydrogens is 340 g/mol. The third-order valence-electron chi connectivity index (χ3n) is 3.95. The summed E-state index contributed by atoms with van der Waals surface area (Å²) >= 11 is 4.08. The maximum atomic E-state index is 11.5. The largest absolute Gasteiger partial charge is 0.481 e. The lowest BCUT2D eigenvalue weighted by Crippen LogP contribution is -2.33. The molecule has 0 amide bonds. The number of carbonyl (C=O) groups is 2. The number of nitrogens with zero attached hydrogens (tertiary/aromatic N) is 1. The summed E-state index contributed by atoms with van der Waals surface area (Å²) in [6.45, 7) is 0. The summed E-state index contributed by atoms with van der Waals surface area (Å²) in [5.41, 5.74) is 3.40. The molecule has 0 radical (unpaired) electrons.